The Bertz CT molecular complexity index is 380. The molecule has 2 rings (SSSR count). The highest BCUT2D eigenvalue weighted by Crippen LogP contribution is 2.20. The van der Waals surface area contributed by atoms with E-state index in [1.165, 1.54) is 0 Å². The highest BCUT2D eigenvalue weighted by Gasteiger charge is 2.32. The number of amides is 3. The fourth-order valence-electron chi connectivity index (χ4n) is 3.10. The average molecular weight is 296 g/mol. The van der Waals surface area contributed by atoms with Crippen LogP contribution in [0.25, 0.3) is 0 Å². The van der Waals surface area contributed by atoms with Crippen LogP contribution in [0.4, 0.5) is 4.79 Å². The van der Waals surface area contributed by atoms with E-state index in [9.17, 15) is 9.59 Å². The number of rotatable bonds is 4. The summed E-state index contributed by atoms with van der Waals surface area (Å²) >= 11 is 0. The fraction of sp³-hybridized carbons (Fsp3) is 0.867. The zero-order chi connectivity index (χ0) is 15.4. The van der Waals surface area contributed by atoms with Crippen LogP contribution in [0.2, 0.25) is 0 Å². The van der Waals surface area contributed by atoms with Gasteiger partial charge in [-0.15, -0.1) is 0 Å². The molecule has 2 atom stereocenters. The summed E-state index contributed by atoms with van der Waals surface area (Å²) in [5.74, 6) is 0.272. The van der Waals surface area contributed by atoms with Crippen LogP contribution >= 0.6 is 0 Å². The largest absolute Gasteiger partial charge is 0.341 e. The number of urea groups is 1. The summed E-state index contributed by atoms with van der Waals surface area (Å²) in [4.78, 5) is 28.0. The lowest BCUT2D eigenvalue weighted by molar-refractivity contribution is -0.135. The topological polar surface area (TPSA) is 78.7 Å². The van der Waals surface area contributed by atoms with Crippen molar-refractivity contribution < 1.29 is 9.59 Å². The van der Waals surface area contributed by atoms with Crippen molar-refractivity contribution in [1.29, 1.82) is 0 Å². The third-order valence-corrected chi connectivity index (χ3v) is 4.87. The molecule has 21 heavy (non-hydrogen) atoms. The number of carbonyl (C=O) groups excluding carboxylic acids is 2. The molecule has 2 aliphatic rings. The number of nitrogens with zero attached hydrogens (tertiary/aromatic N) is 2. The SMILES string of the molecule is CCC(C)C(N)C(=O)N1CCC(N2CCCNC2=O)CC1. The van der Waals surface area contributed by atoms with E-state index in [1.807, 2.05) is 16.7 Å². The van der Waals surface area contributed by atoms with E-state index < -0.39 is 6.04 Å². The van der Waals surface area contributed by atoms with Gasteiger partial charge in [0.15, 0.2) is 0 Å². The molecule has 120 valence electrons. The van der Waals surface area contributed by atoms with Gasteiger partial charge in [-0.1, -0.05) is 20.3 Å². The van der Waals surface area contributed by atoms with E-state index in [-0.39, 0.29) is 23.9 Å². The second-order valence-electron chi connectivity index (χ2n) is 6.25. The number of likely N-dealkylation sites (tertiary alicyclic amines) is 1. The van der Waals surface area contributed by atoms with Crippen molar-refractivity contribution in [3.8, 4) is 0 Å². The van der Waals surface area contributed by atoms with E-state index in [1.54, 1.807) is 0 Å². The number of carbonyl (C=O) groups is 2. The molecule has 0 aromatic rings. The monoisotopic (exact) mass is 296 g/mol. The van der Waals surface area contributed by atoms with Crippen molar-refractivity contribution in [2.75, 3.05) is 26.2 Å². The average Bonchev–Trinajstić information content (AvgIpc) is 2.53. The minimum Gasteiger partial charge on any atom is -0.341 e. The molecule has 0 bridgehead atoms. The van der Waals surface area contributed by atoms with E-state index in [4.69, 9.17) is 5.73 Å². The predicted octanol–water partition coefficient (Wildman–Crippen LogP) is 0.766. The summed E-state index contributed by atoms with van der Waals surface area (Å²) in [7, 11) is 0. The zero-order valence-corrected chi connectivity index (χ0v) is 13.2. The first kappa shape index (κ1) is 16.1. The van der Waals surface area contributed by atoms with Gasteiger partial charge in [0.1, 0.15) is 0 Å². The van der Waals surface area contributed by atoms with Crippen molar-refractivity contribution in [3.05, 3.63) is 0 Å². The zero-order valence-electron chi connectivity index (χ0n) is 13.2. The van der Waals surface area contributed by atoms with Crippen LogP contribution in [0.15, 0.2) is 0 Å². The molecule has 2 fully saturated rings. The van der Waals surface area contributed by atoms with Crippen molar-refractivity contribution in [2.24, 2.45) is 11.7 Å². The van der Waals surface area contributed by atoms with Crippen LogP contribution in [-0.2, 0) is 4.79 Å². The van der Waals surface area contributed by atoms with Gasteiger partial charge in [0.25, 0.3) is 0 Å². The van der Waals surface area contributed by atoms with Gasteiger partial charge in [-0.2, -0.15) is 0 Å². The number of hydrogen-bond donors (Lipinski definition) is 2. The normalized spacial score (nSPS) is 23.7. The first-order chi connectivity index (χ1) is 10.0. The smallest absolute Gasteiger partial charge is 0.317 e. The lowest BCUT2D eigenvalue weighted by atomic mass is 9.96. The number of hydrogen-bond acceptors (Lipinski definition) is 3. The minimum absolute atomic E-state index is 0.0438. The molecular weight excluding hydrogens is 268 g/mol. The third kappa shape index (κ3) is 3.67. The Morgan fingerprint density at radius 3 is 2.62 bits per heavy atom. The molecular formula is C15H28N4O2. The molecule has 6 heteroatoms. The van der Waals surface area contributed by atoms with Gasteiger partial charge in [0.05, 0.1) is 6.04 Å². The summed E-state index contributed by atoms with van der Waals surface area (Å²) < 4.78 is 0. The summed E-state index contributed by atoms with van der Waals surface area (Å²) in [6, 6.07) is -0.0960. The first-order valence-electron chi connectivity index (χ1n) is 8.13. The van der Waals surface area contributed by atoms with Crippen molar-refractivity contribution in [1.82, 2.24) is 15.1 Å². The number of nitrogens with one attached hydrogen (secondary N) is 1. The molecule has 0 spiro atoms. The second kappa shape index (κ2) is 7.11. The van der Waals surface area contributed by atoms with Crippen molar-refractivity contribution in [3.63, 3.8) is 0 Å². The molecule has 0 aromatic carbocycles. The lowest BCUT2D eigenvalue weighted by Crippen LogP contribution is -2.56. The van der Waals surface area contributed by atoms with Gasteiger partial charge in [-0.25, -0.2) is 4.79 Å². The van der Waals surface area contributed by atoms with Gasteiger partial charge in [-0.3, -0.25) is 4.79 Å². The van der Waals surface area contributed by atoms with Crippen molar-refractivity contribution in [2.45, 2.75) is 51.6 Å². The molecule has 0 aromatic heterocycles. The Hall–Kier alpha value is -1.30. The van der Waals surface area contributed by atoms with Gasteiger partial charge >= 0.3 is 6.03 Å². The third-order valence-electron chi connectivity index (χ3n) is 4.87. The molecule has 0 radical (unpaired) electrons. The maximum atomic E-state index is 12.4. The highest BCUT2D eigenvalue weighted by atomic mass is 16.2. The van der Waals surface area contributed by atoms with Gasteiger partial charge < -0.3 is 20.9 Å². The van der Waals surface area contributed by atoms with E-state index in [0.29, 0.717) is 13.1 Å². The Balaban J connectivity index is 1.85. The lowest BCUT2D eigenvalue weighted by Gasteiger charge is -2.41. The Morgan fingerprint density at radius 1 is 1.38 bits per heavy atom. The van der Waals surface area contributed by atoms with Crippen LogP contribution in [0.3, 0.4) is 0 Å². The van der Waals surface area contributed by atoms with Crippen LogP contribution < -0.4 is 11.1 Å². The van der Waals surface area contributed by atoms with E-state index in [0.717, 1.165) is 38.8 Å². The van der Waals surface area contributed by atoms with Crippen LogP contribution in [-0.4, -0.2) is 60.0 Å². The van der Waals surface area contributed by atoms with Gasteiger partial charge in [0, 0.05) is 32.2 Å². The van der Waals surface area contributed by atoms with E-state index >= 15 is 0 Å². The van der Waals surface area contributed by atoms with Crippen LogP contribution in [0.5, 0.6) is 0 Å². The maximum absolute atomic E-state index is 12.4. The molecule has 0 aliphatic carbocycles. The van der Waals surface area contributed by atoms with Gasteiger partial charge in [0.2, 0.25) is 5.91 Å². The van der Waals surface area contributed by atoms with E-state index in [2.05, 4.69) is 12.2 Å². The molecule has 3 N–H and O–H groups in total. The van der Waals surface area contributed by atoms with Crippen LogP contribution in [0, 0.1) is 5.92 Å². The Morgan fingerprint density at radius 2 is 2.05 bits per heavy atom. The van der Waals surface area contributed by atoms with Gasteiger partial charge in [-0.05, 0) is 25.2 Å². The van der Waals surface area contributed by atoms with Crippen molar-refractivity contribution >= 4 is 11.9 Å². The molecule has 6 nitrogen and oxygen atoms in total. The summed E-state index contributed by atoms with van der Waals surface area (Å²) in [5, 5.41) is 2.89. The summed E-state index contributed by atoms with van der Waals surface area (Å²) in [5.41, 5.74) is 6.04. The molecule has 2 aliphatic heterocycles. The summed E-state index contributed by atoms with van der Waals surface area (Å²) in [6.07, 6.45) is 3.62. The fourth-order valence-corrected chi connectivity index (χ4v) is 3.10. The minimum atomic E-state index is -0.398. The second-order valence-corrected chi connectivity index (χ2v) is 6.25. The Labute approximate surface area is 127 Å². The number of nitrogens with two attached hydrogens (primary N) is 1. The maximum Gasteiger partial charge on any atom is 0.317 e. The standard InChI is InChI=1S/C15H28N4O2/c1-3-11(2)13(16)14(20)18-9-5-12(6-10-18)19-8-4-7-17-15(19)21/h11-13H,3-10,16H2,1-2H3,(H,17,21). The van der Waals surface area contributed by atoms with Crippen LogP contribution in [0.1, 0.15) is 39.5 Å². The predicted molar refractivity (Wildman–Crippen MR) is 81.8 cm³/mol. The molecule has 2 saturated heterocycles. The molecule has 2 unspecified atom stereocenters. The first-order valence-corrected chi connectivity index (χ1v) is 8.13. The Kier molecular flexibility index (Phi) is 5.45. The highest BCUT2D eigenvalue weighted by molar-refractivity contribution is 5.82. The summed E-state index contributed by atoms with van der Waals surface area (Å²) in [6.45, 7) is 7.09. The molecule has 2 heterocycles. The molecule has 0 saturated carbocycles. The quantitative estimate of drug-likeness (QED) is 0.804. The number of piperidine rings is 1. The molecule has 3 amide bonds.